The Morgan fingerprint density at radius 1 is 1.29 bits per heavy atom. The topological polar surface area (TPSA) is 32.3 Å². The van der Waals surface area contributed by atoms with Crippen LogP contribution in [0.25, 0.3) is 10.1 Å². The first kappa shape index (κ1) is 12.6. The number of hydrogen-bond acceptors (Lipinski definition) is 3. The van der Waals surface area contributed by atoms with E-state index in [9.17, 15) is 5.11 Å². The maximum absolute atomic E-state index is 9.97. The van der Waals surface area contributed by atoms with Gasteiger partial charge in [-0.05, 0) is 22.4 Å². The van der Waals surface area contributed by atoms with Crippen molar-refractivity contribution < 1.29 is 5.11 Å². The third-order valence-corrected chi connectivity index (χ3v) is 3.79. The average molecular weight is 249 g/mol. The molecule has 1 unspecified atom stereocenters. The molecule has 1 atom stereocenters. The van der Waals surface area contributed by atoms with Crippen LogP contribution in [0.15, 0.2) is 29.6 Å². The van der Waals surface area contributed by atoms with E-state index in [1.165, 1.54) is 15.6 Å². The molecule has 0 fully saturated rings. The molecule has 1 aromatic carbocycles. The van der Waals surface area contributed by atoms with Gasteiger partial charge in [-0.2, -0.15) is 0 Å². The van der Waals surface area contributed by atoms with E-state index in [0.29, 0.717) is 12.6 Å². The quantitative estimate of drug-likeness (QED) is 0.854. The highest BCUT2D eigenvalue weighted by atomic mass is 32.1. The molecule has 0 amide bonds. The van der Waals surface area contributed by atoms with Crippen molar-refractivity contribution in [1.29, 1.82) is 0 Å². The van der Waals surface area contributed by atoms with E-state index in [4.69, 9.17) is 0 Å². The Kier molecular flexibility index (Phi) is 4.15. The number of rotatable bonds is 5. The molecule has 0 radical (unpaired) electrons. The molecule has 0 aliphatic carbocycles. The van der Waals surface area contributed by atoms with Gasteiger partial charge in [0.1, 0.15) is 0 Å². The Balaban J connectivity index is 2.03. The molecule has 0 saturated carbocycles. The van der Waals surface area contributed by atoms with Gasteiger partial charge in [-0.25, -0.2) is 0 Å². The molecule has 0 aliphatic rings. The molecule has 2 nitrogen and oxygen atoms in total. The number of fused-ring (bicyclic) bond motifs is 1. The van der Waals surface area contributed by atoms with E-state index in [1.807, 2.05) is 0 Å². The van der Waals surface area contributed by atoms with Crippen molar-refractivity contribution >= 4 is 21.4 Å². The Morgan fingerprint density at radius 3 is 2.82 bits per heavy atom. The molecule has 2 aromatic rings. The lowest BCUT2D eigenvalue weighted by molar-refractivity contribution is 0.169. The Morgan fingerprint density at radius 2 is 2.06 bits per heavy atom. The van der Waals surface area contributed by atoms with Gasteiger partial charge in [-0.15, -0.1) is 11.3 Å². The van der Waals surface area contributed by atoms with Crippen LogP contribution in [0.5, 0.6) is 0 Å². The highest BCUT2D eigenvalue weighted by molar-refractivity contribution is 7.17. The van der Waals surface area contributed by atoms with Gasteiger partial charge in [-0.3, -0.25) is 0 Å². The van der Waals surface area contributed by atoms with Crippen LogP contribution >= 0.6 is 11.3 Å². The van der Waals surface area contributed by atoms with Crippen LogP contribution in [0, 0.1) is 0 Å². The summed E-state index contributed by atoms with van der Waals surface area (Å²) in [6, 6.07) is 8.78. The van der Waals surface area contributed by atoms with Crippen LogP contribution < -0.4 is 5.32 Å². The highest BCUT2D eigenvalue weighted by Gasteiger charge is 2.10. The monoisotopic (exact) mass is 249 g/mol. The van der Waals surface area contributed by atoms with Gasteiger partial charge in [0.25, 0.3) is 0 Å². The molecule has 2 N–H and O–H groups in total. The van der Waals surface area contributed by atoms with Crippen LogP contribution in [0.3, 0.4) is 0 Å². The van der Waals surface area contributed by atoms with Gasteiger partial charge in [0, 0.05) is 23.7 Å². The van der Waals surface area contributed by atoms with Crippen molar-refractivity contribution in [1.82, 2.24) is 5.32 Å². The summed E-state index contributed by atoms with van der Waals surface area (Å²) in [5.41, 5.74) is 1.25. The zero-order chi connectivity index (χ0) is 12.3. The fraction of sp³-hybridized carbons (Fsp3) is 0.429. The predicted octanol–water partition coefficient (Wildman–Crippen LogP) is 2.80. The van der Waals surface area contributed by atoms with Gasteiger partial charge in [-0.1, -0.05) is 32.0 Å². The number of thiophene rings is 1. The molecule has 3 heteroatoms. The lowest BCUT2D eigenvalue weighted by atomic mass is 10.1. The first-order valence-electron chi connectivity index (χ1n) is 6.03. The Bertz CT molecular complexity index is 478. The third kappa shape index (κ3) is 3.28. The Labute approximate surface area is 106 Å². The van der Waals surface area contributed by atoms with E-state index >= 15 is 0 Å². The maximum Gasteiger partial charge on any atom is 0.0705 e. The second kappa shape index (κ2) is 5.63. The average Bonchev–Trinajstić information content (AvgIpc) is 2.70. The number of hydrogen-bond donors (Lipinski definition) is 2. The lowest BCUT2D eigenvalue weighted by Gasteiger charge is -2.13. The summed E-state index contributed by atoms with van der Waals surface area (Å²) in [7, 11) is 0. The molecule has 0 spiro atoms. The van der Waals surface area contributed by atoms with E-state index in [2.05, 4.69) is 48.8 Å². The van der Waals surface area contributed by atoms with Crippen molar-refractivity contribution in [2.45, 2.75) is 32.4 Å². The van der Waals surface area contributed by atoms with E-state index in [-0.39, 0.29) is 6.10 Å². The molecular formula is C14H19NOS. The summed E-state index contributed by atoms with van der Waals surface area (Å²) in [6.45, 7) is 4.83. The summed E-state index contributed by atoms with van der Waals surface area (Å²) in [4.78, 5) is 0. The molecule has 0 aliphatic heterocycles. The SMILES string of the molecule is CC(C)NCC(O)Cc1csc2ccccc12. The van der Waals surface area contributed by atoms with E-state index in [1.54, 1.807) is 11.3 Å². The summed E-state index contributed by atoms with van der Waals surface area (Å²) < 4.78 is 1.30. The van der Waals surface area contributed by atoms with Crippen molar-refractivity contribution in [3.05, 3.63) is 35.2 Å². The summed E-state index contributed by atoms with van der Waals surface area (Å²) in [6.07, 6.45) is 0.416. The number of aliphatic hydroxyl groups excluding tert-OH is 1. The third-order valence-electron chi connectivity index (χ3n) is 2.78. The molecule has 0 bridgehead atoms. The standard InChI is InChI=1S/C14H19NOS/c1-10(2)15-8-12(16)7-11-9-17-14-6-4-3-5-13(11)14/h3-6,9-10,12,15-16H,7-8H2,1-2H3. The fourth-order valence-electron chi connectivity index (χ4n) is 1.89. The van der Waals surface area contributed by atoms with Crippen LogP contribution in [-0.4, -0.2) is 23.8 Å². The summed E-state index contributed by atoms with van der Waals surface area (Å²) >= 11 is 1.75. The number of benzene rings is 1. The predicted molar refractivity (Wildman–Crippen MR) is 74.7 cm³/mol. The molecule has 1 aromatic heterocycles. The van der Waals surface area contributed by atoms with Crippen molar-refractivity contribution in [2.24, 2.45) is 0 Å². The first-order valence-corrected chi connectivity index (χ1v) is 6.91. The smallest absolute Gasteiger partial charge is 0.0705 e. The molecule has 17 heavy (non-hydrogen) atoms. The Hall–Kier alpha value is -0.900. The molecule has 0 saturated heterocycles. The molecule has 2 rings (SSSR count). The van der Waals surface area contributed by atoms with Crippen LogP contribution in [0.2, 0.25) is 0 Å². The van der Waals surface area contributed by atoms with Crippen LogP contribution in [0.1, 0.15) is 19.4 Å². The molecular weight excluding hydrogens is 230 g/mol. The van der Waals surface area contributed by atoms with Gasteiger partial charge in [0.2, 0.25) is 0 Å². The van der Waals surface area contributed by atoms with Crippen LogP contribution in [0.4, 0.5) is 0 Å². The molecule has 1 heterocycles. The minimum Gasteiger partial charge on any atom is -0.391 e. The normalized spacial score (nSPS) is 13.4. The first-order chi connectivity index (χ1) is 8.16. The van der Waals surface area contributed by atoms with Gasteiger partial charge in [0.05, 0.1) is 6.10 Å². The van der Waals surface area contributed by atoms with Crippen molar-refractivity contribution in [2.75, 3.05) is 6.54 Å². The van der Waals surface area contributed by atoms with Crippen molar-refractivity contribution in [3.8, 4) is 0 Å². The van der Waals surface area contributed by atoms with Gasteiger partial charge >= 0.3 is 0 Å². The maximum atomic E-state index is 9.97. The zero-order valence-electron chi connectivity index (χ0n) is 10.3. The number of nitrogens with one attached hydrogen (secondary N) is 1. The van der Waals surface area contributed by atoms with Gasteiger partial charge in [0.15, 0.2) is 0 Å². The number of aliphatic hydroxyl groups is 1. The minimum atomic E-state index is -0.310. The zero-order valence-corrected chi connectivity index (χ0v) is 11.1. The fourth-order valence-corrected chi connectivity index (χ4v) is 2.86. The second-order valence-corrected chi connectivity index (χ2v) is 5.59. The lowest BCUT2D eigenvalue weighted by Crippen LogP contribution is -2.32. The van der Waals surface area contributed by atoms with E-state index < -0.39 is 0 Å². The van der Waals surface area contributed by atoms with Crippen LogP contribution in [-0.2, 0) is 6.42 Å². The van der Waals surface area contributed by atoms with Gasteiger partial charge < -0.3 is 10.4 Å². The second-order valence-electron chi connectivity index (χ2n) is 4.68. The molecule has 92 valence electrons. The summed E-state index contributed by atoms with van der Waals surface area (Å²) in [5.74, 6) is 0. The minimum absolute atomic E-state index is 0.310. The largest absolute Gasteiger partial charge is 0.391 e. The van der Waals surface area contributed by atoms with Crippen molar-refractivity contribution in [3.63, 3.8) is 0 Å². The highest BCUT2D eigenvalue weighted by Crippen LogP contribution is 2.26. The van der Waals surface area contributed by atoms with E-state index in [0.717, 1.165) is 6.42 Å². The summed E-state index contributed by atoms with van der Waals surface area (Å²) in [5, 5.41) is 16.7.